The van der Waals surface area contributed by atoms with Crippen molar-refractivity contribution in [3.8, 4) is 11.1 Å². The fraction of sp³-hybridized carbons (Fsp3) is 0.160. The van der Waals surface area contributed by atoms with Crippen LogP contribution >= 0.6 is 0 Å². The third kappa shape index (κ3) is 5.02. The molecule has 9 nitrogen and oxygen atoms in total. The second-order valence-corrected chi connectivity index (χ2v) is 10.3. The standard InChI is InChI=1S/C25H25N7O2S/c1-17-6-4-5-7-19(17)15-31-16-20(13-26-31)22-14-27-32-11-10-24(29-25(22)32)28-21-9-8-18(2)23(12-21)30-35(3,33)34/h4-14,16,30H,15H2,1-3H3,(H,28,29). The van der Waals surface area contributed by atoms with E-state index in [0.29, 0.717) is 29.4 Å². The van der Waals surface area contributed by atoms with Crippen LogP contribution in [0.3, 0.4) is 0 Å². The van der Waals surface area contributed by atoms with E-state index < -0.39 is 10.0 Å². The monoisotopic (exact) mass is 487 g/mol. The molecule has 0 atom stereocenters. The number of anilines is 3. The predicted molar refractivity (Wildman–Crippen MR) is 137 cm³/mol. The van der Waals surface area contributed by atoms with E-state index in [0.717, 1.165) is 22.9 Å². The van der Waals surface area contributed by atoms with Crippen molar-refractivity contribution < 1.29 is 8.42 Å². The summed E-state index contributed by atoms with van der Waals surface area (Å²) in [7, 11) is -3.38. The maximum atomic E-state index is 11.7. The number of fused-ring (bicyclic) bond motifs is 1. The smallest absolute Gasteiger partial charge is 0.229 e. The lowest BCUT2D eigenvalue weighted by Crippen LogP contribution is -2.10. The van der Waals surface area contributed by atoms with Crippen LogP contribution in [0.25, 0.3) is 16.8 Å². The van der Waals surface area contributed by atoms with Crippen LogP contribution in [0.5, 0.6) is 0 Å². The number of nitrogens with one attached hydrogen (secondary N) is 2. The molecule has 0 saturated heterocycles. The van der Waals surface area contributed by atoms with Crippen molar-refractivity contribution in [3.05, 3.63) is 90.0 Å². The summed E-state index contributed by atoms with van der Waals surface area (Å²) in [4.78, 5) is 4.75. The van der Waals surface area contributed by atoms with Gasteiger partial charge in [-0.1, -0.05) is 30.3 Å². The number of aryl methyl sites for hydroxylation is 2. The Morgan fingerprint density at radius 2 is 1.80 bits per heavy atom. The zero-order valence-electron chi connectivity index (χ0n) is 19.6. The van der Waals surface area contributed by atoms with Gasteiger partial charge in [0.1, 0.15) is 5.82 Å². The molecule has 5 rings (SSSR count). The summed E-state index contributed by atoms with van der Waals surface area (Å²) in [6.45, 7) is 4.63. The average molecular weight is 488 g/mol. The predicted octanol–water partition coefficient (Wildman–Crippen LogP) is 4.37. The molecule has 3 aromatic heterocycles. The second kappa shape index (κ2) is 8.88. The van der Waals surface area contributed by atoms with Gasteiger partial charge in [-0.25, -0.2) is 17.9 Å². The molecule has 0 unspecified atom stereocenters. The van der Waals surface area contributed by atoms with Crippen molar-refractivity contribution in [1.82, 2.24) is 24.4 Å². The number of hydrogen-bond donors (Lipinski definition) is 2. The van der Waals surface area contributed by atoms with Crippen LogP contribution in [-0.4, -0.2) is 39.1 Å². The summed E-state index contributed by atoms with van der Waals surface area (Å²) in [6, 6.07) is 15.5. The van der Waals surface area contributed by atoms with E-state index in [1.54, 1.807) is 16.8 Å². The van der Waals surface area contributed by atoms with Gasteiger partial charge in [0.05, 0.1) is 30.9 Å². The Balaban J connectivity index is 1.42. The quantitative estimate of drug-likeness (QED) is 0.353. The Hall–Kier alpha value is -4.18. The molecular formula is C25H25N7O2S. The molecule has 0 bridgehead atoms. The molecule has 0 fully saturated rings. The first-order valence-electron chi connectivity index (χ1n) is 11.0. The van der Waals surface area contributed by atoms with Crippen LogP contribution in [0.15, 0.2) is 73.3 Å². The largest absolute Gasteiger partial charge is 0.340 e. The highest BCUT2D eigenvalue weighted by Crippen LogP contribution is 2.27. The maximum absolute atomic E-state index is 11.7. The van der Waals surface area contributed by atoms with Gasteiger partial charge in [-0.15, -0.1) is 0 Å². The van der Waals surface area contributed by atoms with Gasteiger partial charge >= 0.3 is 0 Å². The zero-order chi connectivity index (χ0) is 24.6. The number of sulfonamides is 1. The van der Waals surface area contributed by atoms with E-state index in [1.165, 1.54) is 11.1 Å². The van der Waals surface area contributed by atoms with Gasteiger partial charge in [-0.3, -0.25) is 9.40 Å². The molecule has 5 aromatic rings. The van der Waals surface area contributed by atoms with Crippen LogP contribution < -0.4 is 10.0 Å². The van der Waals surface area contributed by atoms with E-state index in [1.807, 2.05) is 60.5 Å². The lowest BCUT2D eigenvalue weighted by Gasteiger charge is -2.11. The van der Waals surface area contributed by atoms with E-state index in [-0.39, 0.29) is 0 Å². The number of rotatable bonds is 7. The Kier molecular flexibility index (Phi) is 5.73. The minimum atomic E-state index is -3.38. The summed E-state index contributed by atoms with van der Waals surface area (Å²) in [5, 5.41) is 12.2. The summed E-state index contributed by atoms with van der Waals surface area (Å²) in [6.07, 6.45) is 8.55. The van der Waals surface area contributed by atoms with Gasteiger partial charge in [0, 0.05) is 29.2 Å². The van der Waals surface area contributed by atoms with Crippen LogP contribution in [0.2, 0.25) is 0 Å². The zero-order valence-corrected chi connectivity index (χ0v) is 20.4. The van der Waals surface area contributed by atoms with Gasteiger partial charge in [0.15, 0.2) is 5.65 Å². The Morgan fingerprint density at radius 1 is 0.971 bits per heavy atom. The van der Waals surface area contributed by atoms with Crippen molar-refractivity contribution in [2.75, 3.05) is 16.3 Å². The Morgan fingerprint density at radius 3 is 2.60 bits per heavy atom. The Bertz CT molecular complexity index is 1640. The molecule has 0 spiro atoms. The lowest BCUT2D eigenvalue weighted by atomic mass is 10.1. The molecule has 35 heavy (non-hydrogen) atoms. The molecule has 0 radical (unpaired) electrons. The molecule has 0 aliphatic carbocycles. The van der Waals surface area contributed by atoms with Crippen molar-refractivity contribution in [2.45, 2.75) is 20.4 Å². The van der Waals surface area contributed by atoms with Crippen LogP contribution in [0, 0.1) is 13.8 Å². The molecule has 178 valence electrons. The fourth-order valence-electron chi connectivity index (χ4n) is 3.85. The Labute approximate surface area is 203 Å². The van der Waals surface area contributed by atoms with Crippen molar-refractivity contribution in [3.63, 3.8) is 0 Å². The fourth-order valence-corrected chi connectivity index (χ4v) is 4.47. The first kappa shape index (κ1) is 22.6. The van der Waals surface area contributed by atoms with Crippen molar-refractivity contribution in [2.24, 2.45) is 0 Å². The highest BCUT2D eigenvalue weighted by molar-refractivity contribution is 7.92. The van der Waals surface area contributed by atoms with Gasteiger partial charge in [-0.2, -0.15) is 10.2 Å². The van der Waals surface area contributed by atoms with E-state index in [2.05, 4.69) is 39.3 Å². The van der Waals surface area contributed by atoms with E-state index >= 15 is 0 Å². The van der Waals surface area contributed by atoms with Crippen LogP contribution in [-0.2, 0) is 16.6 Å². The first-order valence-corrected chi connectivity index (χ1v) is 12.9. The number of benzene rings is 2. The lowest BCUT2D eigenvalue weighted by molar-refractivity contribution is 0.607. The van der Waals surface area contributed by atoms with Crippen molar-refractivity contribution >= 4 is 32.9 Å². The SMILES string of the molecule is Cc1ccccc1Cn1cc(-c2cnn3ccc(Nc4ccc(C)c(NS(C)(=O)=O)c4)nc23)cn1. The molecule has 0 saturated carbocycles. The number of nitrogens with zero attached hydrogens (tertiary/aromatic N) is 5. The highest BCUT2D eigenvalue weighted by Gasteiger charge is 2.13. The minimum absolute atomic E-state index is 0.518. The van der Waals surface area contributed by atoms with Gasteiger partial charge in [0.2, 0.25) is 10.0 Å². The summed E-state index contributed by atoms with van der Waals surface area (Å²) < 4.78 is 29.5. The molecule has 10 heteroatoms. The van der Waals surface area contributed by atoms with E-state index in [9.17, 15) is 8.42 Å². The van der Waals surface area contributed by atoms with Crippen LogP contribution in [0.4, 0.5) is 17.2 Å². The summed E-state index contributed by atoms with van der Waals surface area (Å²) in [5.41, 5.74) is 6.98. The summed E-state index contributed by atoms with van der Waals surface area (Å²) in [5.74, 6) is 0.612. The van der Waals surface area contributed by atoms with Gasteiger partial charge in [0.25, 0.3) is 0 Å². The molecule has 3 heterocycles. The normalized spacial score (nSPS) is 11.6. The van der Waals surface area contributed by atoms with E-state index in [4.69, 9.17) is 4.98 Å². The topological polar surface area (TPSA) is 106 Å². The molecule has 2 N–H and O–H groups in total. The highest BCUT2D eigenvalue weighted by atomic mass is 32.2. The number of hydrogen-bond acceptors (Lipinski definition) is 6. The van der Waals surface area contributed by atoms with Gasteiger partial charge in [-0.05, 0) is 48.7 Å². The third-order valence-corrected chi connectivity index (χ3v) is 6.30. The van der Waals surface area contributed by atoms with Crippen molar-refractivity contribution in [1.29, 1.82) is 0 Å². The molecule has 0 aliphatic rings. The maximum Gasteiger partial charge on any atom is 0.229 e. The molecule has 2 aromatic carbocycles. The molecule has 0 amide bonds. The molecular weight excluding hydrogens is 462 g/mol. The van der Waals surface area contributed by atoms with Gasteiger partial charge < -0.3 is 5.32 Å². The third-order valence-electron chi connectivity index (χ3n) is 5.71. The first-order chi connectivity index (χ1) is 16.7. The summed E-state index contributed by atoms with van der Waals surface area (Å²) >= 11 is 0. The second-order valence-electron chi connectivity index (χ2n) is 8.52. The number of aromatic nitrogens is 5. The average Bonchev–Trinajstić information content (AvgIpc) is 3.43. The minimum Gasteiger partial charge on any atom is -0.340 e. The molecule has 0 aliphatic heterocycles. The van der Waals surface area contributed by atoms with Crippen LogP contribution in [0.1, 0.15) is 16.7 Å².